The highest BCUT2D eigenvalue weighted by Gasteiger charge is 2.18. The van der Waals surface area contributed by atoms with Crippen molar-refractivity contribution in [1.29, 1.82) is 0 Å². The van der Waals surface area contributed by atoms with Gasteiger partial charge in [0.15, 0.2) is 11.6 Å². The highest BCUT2D eigenvalue weighted by atomic mass is 127. The molecule has 8 nitrogen and oxygen atoms in total. The zero-order chi connectivity index (χ0) is 18.4. The predicted octanol–water partition coefficient (Wildman–Crippen LogP) is 2.53. The molecule has 9 heteroatoms. The second-order valence-corrected chi connectivity index (χ2v) is 7.02. The fourth-order valence-corrected chi connectivity index (χ4v) is 3.36. The van der Waals surface area contributed by atoms with E-state index in [0.717, 1.165) is 35.3 Å². The van der Waals surface area contributed by atoms with E-state index < -0.39 is 0 Å². The normalized spacial score (nSPS) is 20.2. The number of aromatic nitrogens is 4. The number of nitrogens with zero attached hydrogens (tertiary/aromatic N) is 5. The number of aliphatic imine (C=N–C) groups is 1. The first kappa shape index (κ1) is 21.6. The molecule has 0 atom stereocenters. The molecule has 2 aromatic heterocycles. The number of fused-ring (bicyclic) bond motifs is 1. The molecule has 2 heterocycles. The maximum Gasteiger partial charge on any atom is 0.191 e. The molecule has 1 aliphatic carbocycles. The lowest BCUT2D eigenvalue weighted by molar-refractivity contribution is 0.329. The standard InChI is InChI=1S/C18H30N8.HI/c1-4-19-18(25-14-7-5-13(2)6-8-14)21-10-9-20-16-15-11-24-26(3)17(15)23-12-22-16;/h11-14H,4-10H2,1-3H3,(H2,19,21,25)(H,20,22,23);1H. The van der Waals surface area contributed by atoms with Gasteiger partial charge in [-0.3, -0.25) is 9.67 Å². The predicted molar refractivity (Wildman–Crippen MR) is 121 cm³/mol. The molecule has 0 radical (unpaired) electrons. The number of anilines is 1. The van der Waals surface area contributed by atoms with Gasteiger partial charge in [0.25, 0.3) is 0 Å². The molecule has 0 spiro atoms. The van der Waals surface area contributed by atoms with Crippen LogP contribution in [0.25, 0.3) is 11.0 Å². The van der Waals surface area contributed by atoms with Crippen LogP contribution in [0.5, 0.6) is 0 Å². The van der Waals surface area contributed by atoms with Gasteiger partial charge in [-0.15, -0.1) is 24.0 Å². The number of halogens is 1. The van der Waals surface area contributed by atoms with Crippen LogP contribution in [0.2, 0.25) is 0 Å². The number of guanidine groups is 1. The lowest BCUT2D eigenvalue weighted by Crippen LogP contribution is -2.45. The zero-order valence-electron chi connectivity index (χ0n) is 16.4. The number of hydrogen-bond donors (Lipinski definition) is 3. The summed E-state index contributed by atoms with van der Waals surface area (Å²) in [6, 6.07) is 0.536. The molecular formula is C18H31IN8. The van der Waals surface area contributed by atoms with E-state index in [4.69, 9.17) is 4.99 Å². The van der Waals surface area contributed by atoms with Gasteiger partial charge in [0.2, 0.25) is 0 Å². The quantitative estimate of drug-likeness (QED) is 0.252. The number of rotatable bonds is 6. The molecule has 3 N–H and O–H groups in total. The van der Waals surface area contributed by atoms with Crippen molar-refractivity contribution in [3.8, 4) is 0 Å². The average molecular weight is 486 g/mol. The molecule has 0 aliphatic heterocycles. The van der Waals surface area contributed by atoms with Crippen LogP contribution in [0.15, 0.2) is 17.5 Å². The lowest BCUT2D eigenvalue weighted by Gasteiger charge is -2.28. The van der Waals surface area contributed by atoms with E-state index in [1.165, 1.54) is 25.7 Å². The highest BCUT2D eigenvalue weighted by Crippen LogP contribution is 2.23. The van der Waals surface area contributed by atoms with Crippen LogP contribution in [0.4, 0.5) is 5.82 Å². The monoisotopic (exact) mass is 486 g/mol. The summed E-state index contributed by atoms with van der Waals surface area (Å²) in [6.07, 6.45) is 8.40. The second kappa shape index (κ2) is 10.6. The molecule has 2 aromatic rings. The Morgan fingerprint density at radius 3 is 2.78 bits per heavy atom. The van der Waals surface area contributed by atoms with Crippen molar-refractivity contribution >= 4 is 46.8 Å². The van der Waals surface area contributed by atoms with E-state index in [9.17, 15) is 0 Å². The van der Waals surface area contributed by atoms with Gasteiger partial charge >= 0.3 is 0 Å². The first-order valence-corrected chi connectivity index (χ1v) is 9.58. The van der Waals surface area contributed by atoms with Gasteiger partial charge in [-0.05, 0) is 38.5 Å². The Labute approximate surface area is 178 Å². The number of aryl methyl sites for hydroxylation is 1. The van der Waals surface area contributed by atoms with Crippen molar-refractivity contribution in [2.24, 2.45) is 18.0 Å². The van der Waals surface area contributed by atoms with E-state index in [2.05, 4.69) is 44.9 Å². The SMILES string of the molecule is CCNC(=NCCNc1ncnc2c1cnn2C)NC1CCC(C)CC1.I. The molecule has 3 rings (SSSR count). The lowest BCUT2D eigenvalue weighted by atomic mass is 9.87. The van der Waals surface area contributed by atoms with E-state index >= 15 is 0 Å². The minimum Gasteiger partial charge on any atom is -0.367 e. The molecule has 0 saturated heterocycles. The minimum absolute atomic E-state index is 0. The van der Waals surface area contributed by atoms with Crippen LogP contribution in [-0.2, 0) is 7.05 Å². The second-order valence-electron chi connectivity index (χ2n) is 7.02. The number of hydrogen-bond acceptors (Lipinski definition) is 5. The Hall–Kier alpha value is -1.65. The van der Waals surface area contributed by atoms with Gasteiger partial charge in [0, 0.05) is 26.2 Å². The van der Waals surface area contributed by atoms with Gasteiger partial charge in [-0.25, -0.2) is 9.97 Å². The van der Waals surface area contributed by atoms with Crippen LogP contribution in [0.3, 0.4) is 0 Å². The molecule has 0 aromatic carbocycles. The summed E-state index contributed by atoms with van der Waals surface area (Å²) < 4.78 is 1.75. The number of nitrogens with one attached hydrogen (secondary N) is 3. The Kier molecular flexibility index (Phi) is 8.52. The molecule has 27 heavy (non-hydrogen) atoms. The fraction of sp³-hybridized carbons (Fsp3) is 0.667. The van der Waals surface area contributed by atoms with E-state index in [-0.39, 0.29) is 24.0 Å². The van der Waals surface area contributed by atoms with Crippen molar-refractivity contribution < 1.29 is 0 Å². The van der Waals surface area contributed by atoms with Crippen molar-refractivity contribution in [2.45, 2.75) is 45.6 Å². The summed E-state index contributed by atoms with van der Waals surface area (Å²) in [4.78, 5) is 13.3. The summed E-state index contributed by atoms with van der Waals surface area (Å²) in [5.74, 6) is 2.56. The summed E-state index contributed by atoms with van der Waals surface area (Å²) in [5, 5.41) is 15.4. The smallest absolute Gasteiger partial charge is 0.191 e. The zero-order valence-corrected chi connectivity index (χ0v) is 18.7. The summed E-state index contributed by atoms with van der Waals surface area (Å²) in [7, 11) is 1.88. The third-order valence-corrected chi connectivity index (χ3v) is 4.90. The van der Waals surface area contributed by atoms with Gasteiger partial charge in [-0.2, -0.15) is 5.10 Å². The van der Waals surface area contributed by atoms with Gasteiger partial charge in [-0.1, -0.05) is 6.92 Å². The van der Waals surface area contributed by atoms with Crippen molar-refractivity contribution in [1.82, 2.24) is 30.4 Å². The van der Waals surface area contributed by atoms with E-state index in [0.29, 0.717) is 19.1 Å². The topological polar surface area (TPSA) is 92.1 Å². The van der Waals surface area contributed by atoms with E-state index in [1.807, 2.05) is 7.05 Å². The van der Waals surface area contributed by atoms with Crippen LogP contribution < -0.4 is 16.0 Å². The third-order valence-electron chi connectivity index (χ3n) is 4.90. The maximum absolute atomic E-state index is 4.69. The van der Waals surface area contributed by atoms with Gasteiger partial charge in [0.05, 0.1) is 18.1 Å². The molecule has 0 amide bonds. The van der Waals surface area contributed by atoms with Crippen LogP contribution >= 0.6 is 24.0 Å². The molecular weight excluding hydrogens is 455 g/mol. The largest absolute Gasteiger partial charge is 0.367 e. The van der Waals surface area contributed by atoms with E-state index in [1.54, 1.807) is 17.2 Å². The molecule has 0 bridgehead atoms. The van der Waals surface area contributed by atoms with Crippen LogP contribution in [0, 0.1) is 5.92 Å². The minimum atomic E-state index is 0. The first-order valence-electron chi connectivity index (χ1n) is 9.58. The van der Waals surface area contributed by atoms with Crippen LogP contribution in [-0.4, -0.2) is 51.4 Å². The summed E-state index contributed by atoms with van der Waals surface area (Å²) in [6.45, 7) is 6.68. The molecule has 1 saturated carbocycles. The van der Waals surface area contributed by atoms with Gasteiger partial charge in [0.1, 0.15) is 12.1 Å². The average Bonchev–Trinajstić information content (AvgIpc) is 3.03. The van der Waals surface area contributed by atoms with Crippen molar-refractivity contribution in [2.75, 3.05) is 25.0 Å². The summed E-state index contributed by atoms with van der Waals surface area (Å²) in [5.41, 5.74) is 0.826. The van der Waals surface area contributed by atoms with Crippen molar-refractivity contribution in [3.05, 3.63) is 12.5 Å². The fourth-order valence-electron chi connectivity index (χ4n) is 3.36. The summed E-state index contributed by atoms with van der Waals surface area (Å²) >= 11 is 0. The molecule has 1 fully saturated rings. The van der Waals surface area contributed by atoms with Crippen molar-refractivity contribution in [3.63, 3.8) is 0 Å². The van der Waals surface area contributed by atoms with Crippen LogP contribution in [0.1, 0.15) is 39.5 Å². The first-order chi connectivity index (χ1) is 12.7. The Balaban J connectivity index is 0.00000261. The maximum atomic E-state index is 4.69. The highest BCUT2D eigenvalue weighted by molar-refractivity contribution is 14.0. The Morgan fingerprint density at radius 1 is 1.26 bits per heavy atom. The Morgan fingerprint density at radius 2 is 2.04 bits per heavy atom. The molecule has 0 unspecified atom stereocenters. The van der Waals surface area contributed by atoms with Gasteiger partial charge < -0.3 is 16.0 Å². The third kappa shape index (κ3) is 5.91. The molecule has 1 aliphatic rings. The molecule has 150 valence electrons. The Bertz CT molecular complexity index is 736.